The molecule has 0 unspecified atom stereocenters. The second-order valence-corrected chi connectivity index (χ2v) is 7.31. The zero-order valence-electron chi connectivity index (χ0n) is 17.1. The number of hydrogen-bond acceptors (Lipinski definition) is 5. The van der Waals surface area contributed by atoms with Gasteiger partial charge in [0.05, 0.1) is 6.42 Å². The van der Waals surface area contributed by atoms with E-state index in [-0.39, 0.29) is 12.3 Å². The molecule has 6 heteroatoms. The molecule has 0 saturated heterocycles. The van der Waals surface area contributed by atoms with Crippen molar-refractivity contribution in [3.05, 3.63) is 77.0 Å². The van der Waals surface area contributed by atoms with Crippen LogP contribution in [-0.4, -0.2) is 24.1 Å². The fourth-order valence-corrected chi connectivity index (χ4v) is 3.15. The van der Waals surface area contributed by atoms with Gasteiger partial charge in [-0.1, -0.05) is 24.3 Å². The maximum atomic E-state index is 12.3. The molecule has 0 spiro atoms. The van der Waals surface area contributed by atoms with Gasteiger partial charge in [0.2, 0.25) is 11.8 Å². The molecule has 2 heterocycles. The van der Waals surface area contributed by atoms with Gasteiger partial charge >= 0.3 is 0 Å². The summed E-state index contributed by atoms with van der Waals surface area (Å²) >= 11 is 0. The van der Waals surface area contributed by atoms with Crippen molar-refractivity contribution in [2.75, 3.05) is 13.2 Å². The maximum absolute atomic E-state index is 12.3. The summed E-state index contributed by atoms with van der Waals surface area (Å²) in [4.78, 5) is 16.7. The third-order valence-corrected chi connectivity index (χ3v) is 4.82. The SMILES string of the molecule is Cc1ccc(C)c(Oc2ccc(CNC(=O)Cc3ccc4c(c3)OCCO4)cn2)c1. The summed E-state index contributed by atoms with van der Waals surface area (Å²) in [6, 6.07) is 15.4. The van der Waals surface area contributed by atoms with Crippen LogP contribution < -0.4 is 19.5 Å². The Morgan fingerprint density at radius 3 is 2.60 bits per heavy atom. The second kappa shape index (κ2) is 8.86. The summed E-state index contributed by atoms with van der Waals surface area (Å²) in [7, 11) is 0. The summed E-state index contributed by atoms with van der Waals surface area (Å²) in [5, 5.41) is 2.92. The summed E-state index contributed by atoms with van der Waals surface area (Å²) in [6.07, 6.45) is 1.99. The van der Waals surface area contributed by atoms with Gasteiger partial charge in [-0.15, -0.1) is 0 Å². The van der Waals surface area contributed by atoms with E-state index in [4.69, 9.17) is 14.2 Å². The lowest BCUT2D eigenvalue weighted by Gasteiger charge is -2.18. The van der Waals surface area contributed by atoms with Crippen LogP contribution in [0.3, 0.4) is 0 Å². The van der Waals surface area contributed by atoms with Crippen LogP contribution in [0.25, 0.3) is 0 Å². The molecule has 4 rings (SSSR count). The van der Waals surface area contributed by atoms with Crippen molar-refractivity contribution in [3.8, 4) is 23.1 Å². The standard InChI is InChI=1S/C24H24N2O4/c1-16-3-4-17(2)21(11-16)30-24-8-6-19(15-26-24)14-25-23(27)13-18-5-7-20-22(12-18)29-10-9-28-20/h3-8,11-12,15H,9-10,13-14H2,1-2H3,(H,25,27). The Balaban J connectivity index is 1.30. The molecular formula is C24H24N2O4. The van der Waals surface area contributed by atoms with Crippen LogP contribution in [0.4, 0.5) is 0 Å². The van der Waals surface area contributed by atoms with Crippen LogP contribution >= 0.6 is 0 Å². The molecule has 1 aliphatic heterocycles. The number of amides is 1. The first-order valence-electron chi connectivity index (χ1n) is 9.92. The van der Waals surface area contributed by atoms with Crippen LogP contribution in [0, 0.1) is 13.8 Å². The number of carbonyl (C=O) groups excluding carboxylic acids is 1. The number of aryl methyl sites for hydroxylation is 2. The minimum Gasteiger partial charge on any atom is -0.486 e. The normalized spacial score (nSPS) is 12.3. The average molecular weight is 404 g/mol. The van der Waals surface area contributed by atoms with Crippen LogP contribution in [0.1, 0.15) is 22.3 Å². The van der Waals surface area contributed by atoms with Crippen LogP contribution in [-0.2, 0) is 17.8 Å². The Morgan fingerprint density at radius 2 is 1.80 bits per heavy atom. The number of ether oxygens (including phenoxy) is 3. The molecular weight excluding hydrogens is 380 g/mol. The topological polar surface area (TPSA) is 69.7 Å². The maximum Gasteiger partial charge on any atom is 0.224 e. The lowest BCUT2D eigenvalue weighted by Crippen LogP contribution is -2.24. The second-order valence-electron chi connectivity index (χ2n) is 7.31. The smallest absolute Gasteiger partial charge is 0.224 e. The first kappa shape index (κ1) is 19.8. The monoisotopic (exact) mass is 404 g/mol. The summed E-state index contributed by atoms with van der Waals surface area (Å²) in [5.74, 6) is 2.66. The quantitative estimate of drug-likeness (QED) is 0.669. The molecule has 30 heavy (non-hydrogen) atoms. The highest BCUT2D eigenvalue weighted by Gasteiger charge is 2.13. The van der Waals surface area contributed by atoms with E-state index < -0.39 is 0 Å². The van der Waals surface area contributed by atoms with E-state index in [2.05, 4.69) is 10.3 Å². The van der Waals surface area contributed by atoms with Crippen molar-refractivity contribution in [2.24, 2.45) is 0 Å². The van der Waals surface area contributed by atoms with Crippen molar-refractivity contribution in [2.45, 2.75) is 26.8 Å². The number of carbonyl (C=O) groups is 1. The zero-order chi connectivity index (χ0) is 20.9. The highest BCUT2D eigenvalue weighted by Crippen LogP contribution is 2.31. The Morgan fingerprint density at radius 1 is 1.00 bits per heavy atom. The number of benzene rings is 2. The predicted octanol–water partition coefficient (Wildman–Crippen LogP) is 4.12. The molecule has 6 nitrogen and oxygen atoms in total. The van der Waals surface area contributed by atoms with Gasteiger partial charge in [0, 0.05) is 18.8 Å². The summed E-state index contributed by atoms with van der Waals surface area (Å²) in [6.45, 7) is 5.51. The average Bonchev–Trinajstić information content (AvgIpc) is 2.76. The van der Waals surface area contributed by atoms with E-state index in [1.54, 1.807) is 6.20 Å². The molecule has 0 radical (unpaired) electrons. The minimum absolute atomic E-state index is 0.0672. The summed E-state index contributed by atoms with van der Waals surface area (Å²) in [5.41, 5.74) is 3.97. The lowest BCUT2D eigenvalue weighted by molar-refractivity contribution is -0.120. The van der Waals surface area contributed by atoms with Gasteiger partial charge < -0.3 is 19.5 Å². The molecule has 0 atom stereocenters. The molecule has 0 saturated carbocycles. The lowest BCUT2D eigenvalue weighted by atomic mass is 10.1. The molecule has 1 amide bonds. The minimum atomic E-state index is -0.0672. The largest absolute Gasteiger partial charge is 0.486 e. The number of pyridine rings is 1. The first-order valence-corrected chi connectivity index (χ1v) is 9.92. The predicted molar refractivity (Wildman–Crippen MR) is 113 cm³/mol. The van der Waals surface area contributed by atoms with E-state index in [0.717, 1.165) is 33.8 Å². The number of nitrogens with zero attached hydrogens (tertiary/aromatic N) is 1. The van der Waals surface area contributed by atoms with E-state index in [1.807, 2.05) is 62.4 Å². The van der Waals surface area contributed by atoms with Gasteiger partial charge in [0.15, 0.2) is 11.5 Å². The van der Waals surface area contributed by atoms with Gasteiger partial charge in [0.25, 0.3) is 0 Å². The zero-order valence-corrected chi connectivity index (χ0v) is 17.1. The van der Waals surface area contributed by atoms with E-state index in [0.29, 0.717) is 31.4 Å². The van der Waals surface area contributed by atoms with Gasteiger partial charge in [-0.25, -0.2) is 4.98 Å². The number of rotatable bonds is 6. The van der Waals surface area contributed by atoms with E-state index in [9.17, 15) is 4.79 Å². The highest BCUT2D eigenvalue weighted by molar-refractivity contribution is 5.78. The van der Waals surface area contributed by atoms with Crippen molar-refractivity contribution in [1.29, 1.82) is 0 Å². The first-order chi connectivity index (χ1) is 14.6. The van der Waals surface area contributed by atoms with E-state index in [1.165, 1.54) is 0 Å². The number of hydrogen-bond donors (Lipinski definition) is 1. The van der Waals surface area contributed by atoms with Crippen LogP contribution in [0.2, 0.25) is 0 Å². The van der Waals surface area contributed by atoms with Crippen LogP contribution in [0.15, 0.2) is 54.7 Å². The molecule has 0 bridgehead atoms. The Labute approximate surface area is 175 Å². The molecule has 1 N–H and O–H groups in total. The molecule has 154 valence electrons. The fourth-order valence-electron chi connectivity index (χ4n) is 3.15. The van der Waals surface area contributed by atoms with Gasteiger partial charge in [-0.2, -0.15) is 0 Å². The van der Waals surface area contributed by atoms with Gasteiger partial charge in [-0.3, -0.25) is 4.79 Å². The molecule has 2 aromatic carbocycles. The Kier molecular flexibility index (Phi) is 5.84. The third-order valence-electron chi connectivity index (χ3n) is 4.82. The fraction of sp³-hybridized carbons (Fsp3) is 0.250. The van der Waals surface area contributed by atoms with Crippen molar-refractivity contribution in [3.63, 3.8) is 0 Å². The molecule has 0 fully saturated rings. The van der Waals surface area contributed by atoms with Crippen LogP contribution in [0.5, 0.6) is 23.1 Å². The molecule has 0 aliphatic carbocycles. The van der Waals surface area contributed by atoms with Crippen molar-refractivity contribution >= 4 is 5.91 Å². The third kappa shape index (κ3) is 4.89. The number of aromatic nitrogens is 1. The molecule has 1 aromatic heterocycles. The highest BCUT2D eigenvalue weighted by atomic mass is 16.6. The van der Waals surface area contributed by atoms with Crippen molar-refractivity contribution in [1.82, 2.24) is 10.3 Å². The van der Waals surface area contributed by atoms with Gasteiger partial charge in [-0.05, 0) is 54.3 Å². The number of nitrogens with one attached hydrogen (secondary N) is 1. The number of fused-ring (bicyclic) bond motifs is 1. The van der Waals surface area contributed by atoms with E-state index >= 15 is 0 Å². The Bertz CT molecular complexity index is 1050. The molecule has 1 aliphatic rings. The summed E-state index contributed by atoms with van der Waals surface area (Å²) < 4.78 is 16.9. The Hall–Kier alpha value is -3.54. The van der Waals surface area contributed by atoms with Crippen molar-refractivity contribution < 1.29 is 19.0 Å². The molecule has 3 aromatic rings. The van der Waals surface area contributed by atoms with Gasteiger partial charge in [0.1, 0.15) is 19.0 Å².